The quantitative estimate of drug-likeness (QED) is 0.918. The van der Waals surface area contributed by atoms with E-state index in [2.05, 4.69) is 15.9 Å². The lowest BCUT2D eigenvalue weighted by molar-refractivity contribution is -0.118. The van der Waals surface area contributed by atoms with Gasteiger partial charge in [-0.05, 0) is 18.2 Å². The van der Waals surface area contributed by atoms with Crippen LogP contribution < -0.4 is 15.4 Å². The Morgan fingerprint density at radius 2 is 2.25 bits per heavy atom. The molecule has 5 heteroatoms. The minimum atomic E-state index is -0.0288. The molecule has 0 spiro atoms. The Balaban J connectivity index is 3.01. The van der Waals surface area contributed by atoms with Gasteiger partial charge in [0.2, 0.25) is 5.91 Å². The Hall–Kier alpha value is -1.07. The van der Waals surface area contributed by atoms with E-state index in [9.17, 15) is 4.79 Å². The van der Waals surface area contributed by atoms with Crippen molar-refractivity contribution in [2.45, 2.75) is 6.42 Å². The number of benzene rings is 1. The van der Waals surface area contributed by atoms with Crippen LogP contribution in [0.3, 0.4) is 0 Å². The number of rotatable bonds is 4. The third-order valence-corrected chi connectivity index (χ3v) is 2.73. The van der Waals surface area contributed by atoms with Crippen LogP contribution in [0.25, 0.3) is 0 Å². The molecule has 0 atom stereocenters. The van der Waals surface area contributed by atoms with Gasteiger partial charge >= 0.3 is 0 Å². The minimum absolute atomic E-state index is 0.0288. The highest BCUT2D eigenvalue weighted by molar-refractivity contribution is 9.10. The monoisotopic (exact) mass is 286 g/mol. The molecular weight excluding hydrogens is 272 g/mol. The number of methoxy groups -OCH3 is 1. The van der Waals surface area contributed by atoms with Crippen molar-refractivity contribution in [2.75, 3.05) is 25.6 Å². The number of hydrogen-bond acceptors (Lipinski definition) is 3. The summed E-state index contributed by atoms with van der Waals surface area (Å²) in [5.74, 6) is 0.634. The highest BCUT2D eigenvalue weighted by Gasteiger charge is 2.14. The molecule has 0 aliphatic carbocycles. The van der Waals surface area contributed by atoms with Gasteiger partial charge in [-0.25, -0.2) is 0 Å². The van der Waals surface area contributed by atoms with Crippen molar-refractivity contribution in [1.29, 1.82) is 0 Å². The first-order valence-electron chi connectivity index (χ1n) is 4.90. The van der Waals surface area contributed by atoms with E-state index in [4.69, 9.17) is 10.5 Å². The summed E-state index contributed by atoms with van der Waals surface area (Å²) in [7, 11) is 3.29. The predicted molar refractivity (Wildman–Crippen MR) is 67.8 cm³/mol. The average Bonchev–Trinajstić information content (AvgIpc) is 2.28. The first-order chi connectivity index (χ1) is 7.60. The van der Waals surface area contributed by atoms with Crippen molar-refractivity contribution in [3.63, 3.8) is 0 Å². The van der Waals surface area contributed by atoms with Gasteiger partial charge in [0.15, 0.2) is 0 Å². The topological polar surface area (TPSA) is 55.6 Å². The van der Waals surface area contributed by atoms with E-state index in [1.54, 1.807) is 19.1 Å². The van der Waals surface area contributed by atoms with Crippen LogP contribution in [0.5, 0.6) is 5.75 Å². The third kappa shape index (κ3) is 2.96. The van der Waals surface area contributed by atoms with Crippen LogP contribution in [-0.2, 0) is 4.79 Å². The van der Waals surface area contributed by atoms with Crippen molar-refractivity contribution < 1.29 is 9.53 Å². The smallest absolute Gasteiger partial charge is 0.228 e. The fourth-order valence-electron chi connectivity index (χ4n) is 1.35. The van der Waals surface area contributed by atoms with E-state index >= 15 is 0 Å². The van der Waals surface area contributed by atoms with Crippen LogP contribution in [0.1, 0.15) is 6.42 Å². The van der Waals surface area contributed by atoms with Crippen LogP contribution >= 0.6 is 15.9 Å². The largest absolute Gasteiger partial charge is 0.495 e. The summed E-state index contributed by atoms with van der Waals surface area (Å²) in [5, 5.41) is 0. The van der Waals surface area contributed by atoms with Crippen LogP contribution in [0, 0.1) is 0 Å². The van der Waals surface area contributed by atoms with Gasteiger partial charge in [-0.3, -0.25) is 4.79 Å². The summed E-state index contributed by atoms with van der Waals surface area (Å²) in [4.78, 5) is 13.3. The predicted octanol–water partition coefficient (Wildman–Crippen LogP) is 1.77. The summed E-state index contributed by atoms with van der Waals surface area (Å²) in [6.07, 6.45) is 0.326. The maximum absolute atomic E-state index is 11.7. The fraction of sp³-hybridized carbons (Fsp3) is 0.364. The number of ether oxygens (including phenoxy) is 1. The molecule has 0 bridgehead atoms. The van der Waals surface area contributed by atoms with Crippen LogP contribution in [0.4, 0.5) is 5.69 Å². The summed E-state index contributed by atoms with van der Waals surface area (Å²) in [6, 6.07) is 5.52. The normalized spacial score (nSPS) is 10.0. The zero-order valence-corrected chi connectivity index (χ0v) is 11.0. The Morgan fingerprint density at radius 1 is 1.56 bits per heavy atom. The number of halogens is 1. The minimum Gasteiger partial charge on any atom is -0.495 e. The van der Waals surface area contributed by atoms with Gasteiger partial charge in [-0.15, -0.1) is 0 Å². The zero-order chi connectivity index (χ0) is 12.1. The van der Waals surface area contributed by atoms with Crippen LogP contribution in [0.15, 0.2) is 22.7 Å². The van der Waals surface area contributed by atoms with Crippen LogP contribution in [-0.4, -0.2) is 26.6 Å². The maximum atomic E-state index is 11.7. The molecule has 1 aromatic carbocycles. The molecule has 0 saturated heterocycles. The van der Waals surface area contributed by atoms with E-state index in [1.165, 1.54) is 0 Å². The number of anilines is 1. The van der Waals surface area contributed by atoms with Crippen molar-refractivity contribution in [1.82, 2.24) is 0 Å². The fourth-order valence-corrected chi connectivity index (χ4v) is 1.70. The Labute approximate surface area is 103 Å². The molecule has 16 heavy (non-hydrogen) atoms. The van der Waals surface area contributed by atoms with Gasteiger partial charge in [0.1, 0.15) is 5.75 Å². The van der Waals surface area contributed by atoms with E-state index in [-0.39, 0.29) is 5.91 Å². The third-order valence-electron chi connectivity index (χ3n) is 2.23. The molecule has 4 nitrogen and oxygen atoms in total. The van der Waals surface area contributed by atoms with Crippen molar-refractivity contribution in [3.05, 3.63) is 22.7 Å². The molecule has 1 amide bonds. The second kappa shape index (κ2) is 5.86. The lowest BCUT2D eigenvalue weighted by Crippen LogP contribution is -2.28. The molecule has 0 radical (unpaired) electrons. The molecule has 88 valence electrons. The summed E-state index contributed by atoms with van der Waals surface area (Å²) in [5.41, 5.74) is 6.09. The Bertz CT molecular complexity index is 382. The molecule has 1 rings (SSSR count). The second-order valence-electron chi connectivity index (χ2n) is 3.31. The standard InChI is InChI=1S/C11H15BrN2O2/c1-14(11(15)5-6-13)9-7-8(12)3-4-10(9)16-2/h3-4,7H,5-6,13H2,1-2H3. The van der Waals surface area contributed by atoms with E-state index in [0.29, 0.717) is 18.7 Å². The lowest BCUT2D eigenvalue weighted by Gasteiger charge is -2.20. The molecule has 1 aromatic rings. The van der Waals surface area contributed by atoms with Crippen molar-refractivity contribution >= 4 is 27.5 Å². The summed E-state index contributed by atoms with van der Waals surface area (Å²) >= 11 is 3.36. The second-order valence-corrected chi connectivity index (χ2v) is 4.22. The van der Waals surface area contributed by atoms with Gasteiger partial charge in [-0.1, -0.05) is 15.9 Å². The van der Waals surface area contributed by atoms with Gasteiger partial charge in [0.25, 0.3) is 0 Å². The van der Waals surface area contributed by atoms with Gasteiger partial charge in [0, 0.05) is 24.5 Å². The van der Waals surface area contributed by atoms with Gasteiger partial charge in [0.05, 0.1) is 12.8 Å². The number of amides is 1. The van der Waals surface area contributed by atoms with Gasteiger partial charge < -0.3 is 15.4 Å². The molecular formula is C11H15BrN2O2. The highest BCUT2D eigenvalue weighted by atomic mass is 79.9. The Morgan fingerprint density at radius 3 is 2.81 bits per heavy atom. The molecule has 0 heterocycles. The maximum Gasteiger partial charge on any atom is 0.228 e. The van der Waals surface area contributed by atoms with E-state index in [1.807, 2.05) is 18.2 Å². The number of carbonyl (C=O) groups excluding carboxylic acids is 1. The number of nitrogens with zero attached hydrogens (tertiary/aromatic N) is 1. The van der Waals surface area contributed by atoms with Crippen LogP contribution in [0.2, 0.25) is 0 Å². The van der Waals surface area contributed by atoms with Crippen molar-refractivity contribution in [3.8, 4) is 5.75 Å². The number of hydrogen-bond donors (Lipinski definition) is 1. The highest BCUT2D eigenvalue weighted by Crippen LogP contribution is 2.30. The first kappa shape index (κ1) is 13.0. The molecule has 2 N–H and O–H groups in total. The molecule has 0 fully saturated rings. The molecule has 0 unspecified atom stereocenters. The summed E-state index contributed by atoms with van der Waals surface area (Å²) < 4.78 is 6.10. The summed E-state index contributed by atoms with van der Waals surface area (Å²) in [6.45, 7) is 0.347. The lowest BCUT2D eigenvalue weighted by atomic mass is 10.2. The molecule has 0 aromatic heterocycles. The molecule has 0 aliphatic rings. The first-order valence-corrected chi connectivity index (χ1v) is 5.69. The SMILES string of the molecule is COc1ccc(Br)cc1N(C)C(=O)CCN. The van der Waals surface area contributed by atoms with E-state index in [0.717, 1.165) is 10.2 Å². The number of nitrogens with two attached hydrogens (primary N) is 1. The van der Waals surface area contributed by atoms with Crippen molar-refractivity contribution in [2.24, 2.45) is 5.73 Å². The van der Waals surface area contributed by atoms with Gasteiger partial charge in [-0.2, -0.15) is 0 Å². The average molecular weight is 287 g/mol. The number of carbonyl (C=O) groups is 1. The Kier molecular flexibility index (Phi) is 4.76. The molecule has 0 saturated carbocycles. The van der Waals surface area contributed by atoms with E-state index < -0.39 is 0 Å². The zero-order valence-electron chi connectivity index (χ0n) is 9.37. The molecule has 0 aliphatic heterocycles.